The van der Waals surface area contributed by atoms with Gasteiger partial charge in [-0.15, -0.1) is 29.7 Å². The Hall–Kier alpha value is -1.57. The number of thioether (sulfide) groups is 1. The fourth-order valence-corrected chi connectivity index (χ4v) is 4.26. The Balaban J connectivity index is 2.20. The van der Waals surface area contributed by atoms with E-state index in [1.54, 1.807) is 23.1 Å². The minimum Gasteiger partial charge on any atom is -0.239 e. The number of nitrogens with zero attached hydrogens (tertiary/aromatic N) is 2. The van der Waals surface area contributed by atoms with E-state index in [1.165, 1.54) is 28.8 Å². The van der Waals surface area contributed by atoms with Gasteiger partial charge in [0.05, 0.1) is 16.1 Å². The van der Waals surface area contributed by atoms with Crippen molar-refractivity contribution in [1.82, 2.24) is 4.98 Å². The molecule has 0 atom stereocenters. The molecule has 0 radical (unpaired) electrons. The van der Waals surface area contributed by atoms with Crippen LogP contribution in [0.2, 0.25) is 0 Å². The second-order valence-electron chi connectivity index (χ2n) is 4.99. The first-order valence-corrected chi connectivity index (χ1v) is 8.95. The topological polar surface area (TPSA) is 36.7 Å². The van der Waals surface area contributed by atoms with Crippen LogP contribution in [0.1, 0.15) is 29.5 Å². The lowest BCUT2D eigenvalue weighted by molar-refractivity contribution is 0.678. The maximum absolute atomic E-state index is 9.57. The lowest BCUT2D eigenvalue weighted by atomic mass is 9.88. The summed E-state index contributed by atoms with van der Waals surface area (Å²) in [7, 11) is 0. The van der Waals surface area contributed by atoms with E-state index >= 15 is 0 Å². The second kappa shape index (κ2) is 6.46. The summed E-state index contributed by atoms with van der Waals surface area (Å²) in [6.45, 7) is 3.76. The molecule has 0 aromatic carbocycles. The molecule has 1 aliphatic carbocycles. The van der Waals surface area contributed by atoms with E-state index < -0.39 is 0 Å². The van der Waals surface area contributed by atoms with Gasteiger partial charge in [-0.1, -0.05) is 12.1 Å². The summed E-state index contributed by atoms with van der Waals surface area (Å²) in [4.78, 5) is 6.05. The molecule has 3 rings (SSSR count). The van der Waals surface area contributed by atoms with Gasteiger partial charge in [0.25, 0.3) is 0 Å². The molecule has 2 aromatic rings. The van der Waals surface area contributed by atoms with Crippen LogP contribution in [0.5, 0.6) is 0 Å². The Labute approximate surface area is 133 Å². The Kier molecular flexibility index (Phi) is 4.42. The number of nitriles is 1. The first kappa shape index (κ1) is 14.4. The molecule has 21 heavy (non-hydrogen) atoms. The van der Waals surface area contributed by atoms with E-state index in [0.29, 0.717) is 0 Å². The van der Waals surface area contributed by atoms with Crippen molar-refractivity contribution in [3.05, 3.63) is 46.9 Å². The van der Waals surface area contributed by atoms with Crippen LogP contribution >= 0.6 is 23.1 Å². The SMILES string of the molecule is C=CCSc1nc(-c2cccs2)c2c(c1C#N)CCCC2. The molecule has 4 heteroatoms. The molecular formula is C17H16N2S2. The van der Waals surface area contributed by atoms with Gasteiger partial charge < -0.3 is 0 Å². The Morgan fingerprint density at radius 3 is 2.86 bits per heavy atom. The molecule has 0 unspecified atom stereocenters. The van der Waals surface area contributed by atoms with Crippen molar-refractivity contribution >= 4 is 23.1 Å². The lowest BCUT2D eigenvalue weighted by Gasteiger charge is -2.21. The van der Waals surface area contributed by atoms with Gasteiger partial charge in [-0.05, 0) is 48.3 Å². The highest BCUT2D eigenvalue weighted by molar-refractivity contribution is 7.99. The van der Waals surface area contributed by atoms with E-state index in [0.717, 1.165) is 34.9 Å². The lowest BCUT2D eigenvalue weighted by Crippen LogP contribution is -2.10. The quantitative estimate of drug-likeness (QED) is 0.599. The number of aromatic nitrogens is 1. The number of pyridine rings is 1. The summed E-state index contributed by atoms with van der Waals surface area (Å²) in [5, 5.41) is 12.5. The molecule has 0 N–H and O–H groups in total. The van der Waals surface area contributed by atoms with Crippen LogP contribution in [0.4, 0.5) is 0 Å². The van der Waals surface area contributed by atoms with Crippen molar-refractivity contribution in [3.8, 4) is 16.6 Å². The predicted molar refractivity (Wildman–Crippen MR) is 89.8 cm³/mol. The van der Waals surface area contributed by atoms with Crippen molar-refractivity contribution in [1.29, 1.82) is 5.26 Å². The van der Waals surface area contributed by atoms with E-state index in [1.807, 2.05) is 6.08 Å². The Morgan fingerprint density at radius 1 is 1.38 bits per heavy atom. The molecule has 1 aliphatic rings. The van der Waals surface area contributed by atoms with Crippen LogP contribution in [-0.4, -0.2) is 10.7 Å². The van der Waals surface area contributed by atoms with Crippen molar-refractivity contribution < 1.29 is 0 Å². The molecule has 0 spiro atoms. The maximum Gasteiger partial charge on any atom is 0.115 e. The van der Waals surface area contributed by atoms with Crippen LogP contribution in [0.15, 0.2) is 35.2 Å². The zero-order chi connectivity index (χ0) is 14.7. The normalized spacial score (nSPS) is 13.5. The van der Waals surface area contributed by atoms with Crippen LogP contribution in [-0.2, 0) is 12.8 Å². The van der Waals surface area contributed by atoms with E-state index in [9.17, 15) is 5.26 Å². The van der Waals surface area contributed by atoms with Crippen LogP contribution in [0.3, 0.4) is 0 Å². The summed E-state index contributed by atoms with van der Waals surface area (Å²) in [6, 6.07) is 6.57. The highest BCUT2D eigenvalue weighted by Crippen LogP contribution is 2.37. The summed E-state index contributed by atoms with van der Waals surface area (Å²) >= 11 is 3.33. The number of thiophene rings is 1. The standard InChI is InChI=1S/C17H16N2S2/c1-2-9-21-17-14(11-18)12-6-3-4-7-13(12)16(19-17)15-8-5-10-20-15/h2,5,8,10H,1,3-4,6-7,9H2. The highest BCUT2D eigenvalue weighted by atomic mass is 32.2. The molecule has 0 fully saturated rings. The largest absolute Gasteiger partial charge is 0.239 e. The minimum absolute atomic E-state index is 0.782. The molecule has 0 amide bonds. The Morgan fingerprint density at radius 2 is 2.19 bits per heavy atom. The van der Waals surface area contributed by atoms with Crippen LogP contribution in [0, 0.1) is 11.3 Å². The third kappa shape index (κ3) is 2.76. The van der Waals surface area contributed by atoms with Gasteiger partial charge >= 0.3 is 0 Å². The average molecular weight is 312 g/mol. The molecule has 2 nitrogen and oxygen atoms in total. The van der Waals surface area contributed by atoms with Gasteiger partial charge in [-0.25, -0.2) is 4.98 Å². The molecule has 0 saturated heterocycles. The number of rotatable bonds is 4. The zero-order valence-corrected chi connectivity index (χ0v) is 13.4. The smallest absolute Gasteiger partial charge is 0.115 e. The third-order valence-corrected chi connectivity index (χ3v) is 5.53. The monoisotopic (exact) mass is 312 g/mol. The third-order valence-electron chi connectivity index (χ3n) is 3.69. The highest BCUT2D eigenvalue weighted by Gasteiger charge is 2.23. The molecule has 2 heterocycles. The van der Waals surface area contributed by atoms with E-state index in [2.05, 4.69) is 30.2 Å². The van der Waals surface area contributed by atoms with Crippen LogP contribution in [0.25, 0.3) is 10.6 Å². The van der Waals surface area contributed by atoms with Crippen LogP contribution < -0.4 is 0 Å². The van der Waals surface area contributed by atoms with Gasteiger partial charge in [0.1, 0.15) is 11.1 Å². The van der Waals surface area contributed by atoms with Gasteiger partial charge in [0.15, 0.2) is 0 Å². The second-order valence-corrected chi connectivity index (χ2v) is 6.95. The number of hydrogen-bond acceptors (Lipinski definition) is 4. The van der Waals surface area contributed by atoms with Gasteiger partial charge in [0, 0.05) is 5.75 Å². The van der Waals surface area contributed by atoms with Gasteiger partial charge in [-0.3, -0.25) is 0 Å². The summed E-state index contributed by atoms with van der Waals surface area (Å²) in [5.74, 6) is 0.782. The maximum atomic E-state index is 9.57. The summed E-state index contributed by atoms with van der Waals surface area (Å²) in [6.07, 6.45) is 6.26. The summed E-state index contributed by atoms with van der Waals surface area (Å²) in [5.41, 5.74) is 4.40. The van der Waals surface area contributed by atoms with Crippen molar-refractivity contribution in [2.75, 3.05) is 5.75 Å². The van der Waals surface area contributed by atoms with Crippen molar-refractivity contribution in [3.63, 3.8) is 0 Å². The zero-order valence-electron chi connectivity index (χ0n) is 11.8. The molecule has 0 aliphatic heterocycles. The summed E-state index contributed by atoms with van der Waals surface area (Å²) < 4.78 is 0. The number of fused-ring (bicyclic) bond motifs is 1. The number of hydrogen-bond donors (Lipinski definition) is 0. The molecular weight excluding hydrogens is 296 g/mol. The Bertz CT molecular complexity index is 697. The molecule has 106 valence electrons. The fourth-order valence-electron chi connectivity index (χ4n) is 2.77. The van der Waals surface area contributed by atoms with Gasteiger partial charge in [0.2, 0.25) is 0 Å². The molecule has 0 bridgehead atoms. The van der Waals surface area contributed by atoms with E-state index in [4.69, 9.17) is 4.98 Å². The first-order chi connectivity index (χ1) is 10.3. The molecule has 2 aromatic heterocycles. The van der Waals surface area contributed by atoms with Crippen molar-refractivity contribution in [2.45, 2.75) is 30.7 Å². The minimum atomic E-state index is 0.782. The first-order valence-electron chi connectivity index (χ1n) is 7.08. The predicted octanol–water partition coefficient (Wildman–Crippen LogP) is 4.84. The van der Waals surface area contributed by atoms with E-state index in [-0.39, 0.29) is 0 Å². The average Bonchev–Trinajstić information content (AvgIpc) is 3.06. The van der Waals surface area contributed by atoms with Gasteiger partial charge in [-0.2, -0.15) is 5.26 Å². The fraction of sp³-hybridized carbons (Fsp3) is 0.294. The molecule has 0 saturated carbocycles. The van der Waals surface area contributed by atoms with Crippen molar-refractivity contribution in [2.24, 2.45) is 0 Å².